The van der Waals surface area contributed by atoms with E-state index in [0.717, 1.165) is 29.2 Å². The third kappa shape index (κ3) is 4.86. The average Bonchev–Trinajstić information content (AvgIpc) is 2.30. The molecule has 0 atom stereocenters. The summed E-state index contributed by atoms with van der Waals surface area (Å²) in [7, 11) is 0. The second-order valence-corrected chi connectivity index (χ2v) is 5.37. The molecule has 0 bridgehead atoms. The summed E-state index contributed by atoms with van der Waals surface area (Å²) in [6.45, 7) is 2.88. The normalized spacial score (nSPS) is 10.4. The van der Waals surface area contributed by atoms with Gasteiger partial charge in [-0.3, -0.25) is 0 Å². The van der Waals surface area contributed by atoms with Gasteiger partial charge in [-0.1, -0.05) is 24.6 Å². The van der Waals surface area contributed by atoms with Crippen LogP contribution in [0.3, 0.4) is 0 Å². The fraction of sp³-hybridized carbons (Fsp3) is 0.500. The first kappa shape index (κ1) is 14.0. The third-order valence-electron chi connectivity index (χ3n) is 2.05. The molecular weight excluding hydrogens is 263 g/mol. The van der Waals surface area contributed by atoms with Gasteiger partial charge in [0.05, 0.1) is 11.6 Å². The lowest BCUT2D eigenvalue weighted by molar-refractivity contribution is 0.319. The highest BCUT2D eigenvalue weighted by Crippen LogP contribution is 2.26. The van der Waals surface area contributed by atoms with E-state index in [1.165, 1.54) is 0 Å². The van der Waals surface area contributed by atoms with E-state index in [1.54, 1.807) is 0 Å². The highest BCUT2D eigenvalue weighted by molar-refractivity contribution is 7.99. The maximum atomic E-state index is 6.06. The van der Waals surface area contributed by atoms with Crippen LogP contribution in [0.15, 0.2) is 18.2 Å². The molecule has 0 aromatic heterocycles. The topological polar surface area (TPSA) is 9.23 Å². The molecule has 0 amide bonds. The Labute approximate surface area is 111 Å². The van der Waals surface area contributed by atoms with Gasteiger partial charge < -0.3 is 4.74 Å². The molecule has 0 saturated carbocycles. The van der Waals surface area contributed by atoms with Crippen LogP contribution in [0.1, 0.15) is 18.9 Å². The first-order valence-electron chi connectivity index (χ1n) is 5.33. The molecule has 0 aliphatic heterocycles. The summed E-state index contributed by atoms with van der Waals surface area (Å²) in [6.07, 6.45) is 1.05. The maximum absolute atomic E-state index is 6.06. The quantitative estimate of drug-likeness (QED) is 0.533. The van der Waals surface area contributed by atoms with E-state index in [4.69, 9.17) is 27.9 Å². The number of alkyl halides is 1. The van der Waals surface area contributed by atoms with Crippen molar-refractivity contribution in [3.05, 3.63) is 28.8 Å². The molecule has 0 heterocycles. The van der Waals surface area contributed by atoms with Gasteiger partial charge in [0.1, 0.15) is 5.75 Å². The van der Waals surface area contributed by atoms with Gasteiger partial charge in [0.2, 0.25) is 0 Å². The maximum Gasteiger partial charge on any atom is 0.137 e. The van der Waals surface area contributed by atoms with Gasteiger partial charge >= 0.3 is 0 Å². The molecule has 0 fully saturated rings. The number of benzene rings is 1. The Morgan fingerprint density at radius 2 is 2.19 bits per heavy atom. The Morgan fingerprint density at radius 3 is 2.81 bits per heavy atom. The molecule has 0 radical (unpaired) electrons. The van der Waals surface area contributed by atoms with Gasteiger partial charge in [-0.25, -0.2) is 0 Å². The van der Waals surface area contributed by atoms with Gasteiger partial charge in [-0.2, -0.15) is 11.8 Å². The fourth-order valence-corrected chi connectivity index (χ4v) is 2.27. The molecule has 0 saturated heterocycles. The highest BCUT2D eigenvalue weighted by atomic mass is 35.5. The van der Waals surface area contributed by atoms with Crippen molar-refractivity contribution in [1.82, 2.24) is 0 Å². The third-order valence-corrected chi connectivity index (χ3v) is 3.63. The van der Waals surface area contributed by atoms with Gasteiger partial charge in [0.15, 0.2) is 0 Å². The summed E-state index contributed by atoms with van der Waals surface area (Å²) in [6, 6.07) is 5.67. The van der Waals surface area contributed by atoms with Gasteiger partial charge in [-0.15, -0.1) is 11.6 Å². The number of halogens is 2. The predicted octanol–water partition coefficient (Wildman–Crippen LogP) is 4.60. The van der Waals surface area contributed by atoms with Crippen LogP contribution in [0.5, 0.6) is 5.75 Å². The van der Waals surface area contributed by atoms with Crippen LogP contribution in [0, 0.1) is 0 Å². The van der Waals surface area contributed by atoms with Crippen LogP contribution in [0.2, 0.25) is 5.02 Å². The van der Waals surface area contributed by atoms with Crippen LogP contribution >= 0.6 is 35.0 Å². The van der Waals surface area contributed by atoms with E-state index >= 15 is 0 Å². The summed E-state index contributed by atoms with van der Waals surface area (Å²) in [5.74, 6) is 3.52. The minimum absolute atomic E-state index is 0.479. The largest absolute Gasteiger partial charge is 0.492 e. The first-order valence-corrected chi connectivity index (χ1v) is 7.39. The van der Waals surface area contributed by atoms with Crippen molar-refractivity contribution >= 4 is 35.0 Å². The van der Waals surface area contributed by atoms with Crippen LogP contribution < -0.4 is 4.74 Å². The Morgan fingerprint density at radius 1 is 1.38 bits per heavy atom. The Hall–Kier alpha value is -0.0500. The minimum atomic E-state index is 0.479. The lowest BCUT2D eigenvalue weighted by Gasteiger charge is -2.08. The van der Waals surface area contributed by atoms with Crippen molar-refractivity contribution in [1.29, 1.82) is 0 Å². The number of rotatable bonds is 7. The molecule has 0 N–H and O–H groups in total. The van der Waals surface area contributed by atoms with E-state index in [-0.39, 0.29) is 0 Å². The zero-order valence-electron chi connectivity index (χ0n) is 9.34. The molecule has 0 aliphatic carbocycles. The number of thioether (sulfide) groups is 1. The number of hydrogen-bond donors (Lipinski definition) is 0. The summed E-state index contributed by atoms with van der Waals surface area (Å²) in [4.78, 5) is 0. The SMILES string of the molecule is CCSCCCOc1ccc(CCl)cc1Cl. The zero-order valence-corrected chi connectivity index (χ0v) is 11.7. The van der Waals surface area contributed by atoms with Crippen molar-refractivity contribution in [3.8, 4) is 5.75 Å². The van der Waals surface area contributed by atoms with Gasteiger partial charge in [0, 0.05) is 5.88 Å². The lowest BCUT2D eigenvalue weighted by atomic mass is 10.2. The smallest absolute Gasteiger partial charge is 0.137 e. The Kier molecular flexibility index (Phi) is 7.10. The highest BCUT2D eigenvalue weighted by Gasteiger charge is 2.02. The van der Waals surface area contributed by atoms with E-state index in [1.807, 2.05) is 30.0 Å². The predicted molar refractivity (Wildman–Crippen MR) is 74.1 cm³/mol. The molecule has 1 nitrogen and oxygen atoms in total. The second-order valence-electron chi connectivity index (χ2n) is 3.30. The fourth-order valence-electron chi connectivity index (χ4n) is 1.23. The monoisotopic (exact) mass is 278 g/mol. The summed E-state index contributed by atoms with van der Waals surface area (Å²) < 4.78 is 5.59. The zero-order chi connectivity index (χ0) is 11.8. The van der Waals surface area contributed by atoms with Crippen LogP contribution in [0.25, 0.3) is 0 Å². The average molecular weight is 279 g/mol. The van der Waals surface area contributed by atoms with E-state index < -0.39 is 0 Å². The lowest BCUT2D eigenvalue weighted by Crippen LogP contribution is -1.99. The first-order chi connectivity index (χ1) is 7.77. The molecule has 1 aromatic rings. The van der Waals surface area contributed by atoms with Crippen molar-refractivity contribution in [3.63, 3.8) is 0 Å². The van der Waals surface area contributed by atoms with E-state index in [0.29, 0.717) is 17.5 Å². The second kappa shape index (κ2) is 8.10. The Balaban J connectivity index is 2.36. The molecule has 90 valence electrons. The van der Waals surface area contributed by atoms with Crippen LogP contribution in [-0.2, 0) is 5.88 Å². The number of hydrogen-bond acceptors (Lipinski definition) is 2. The summed E-state index contributed by atoms with van der Waals surface area (Å²) in [5.41, 5.74) is 1.01. The summed E-state index contributed by atoms with van der Waals surface area (Å²) >= 11 is 13.7. The van der Waals surface area contributed by atoms with Crippen molar-refractivity contribution < 1.29 is 4.74 Å². The van der Waals surface area contributed by atoms with E-state index in [2.05, 4.69) is 6.92 Å². The Bertz CT molecular complexity index is 318. The molecule has 0 aliphatic rings. The van der Waals surface area contributed by atoms with Crippen molar-refractivity contribution in [2.75, 3.05) is 18.1 Å². The van der Waals surface area contributed by atoms with Gasteiger partial charge in [-0.05, 0) is 35.6 Å². The molecule has 1 aromatic carbocycles. The van der Waals surface area contributed by atoms with Crippen LogP contribution in [0.4, 0.5) is 0 Å². The van der Waals surface area contributed by atoms with E-state index in [9.17, 15) is 0 Å². The van der Waals surface area contributed by atoms with Crippen molar-refractivity contribution in [2.45, 2.75) is 19.2 Å². The molecule has 0 unspecified atom stereocenters. The van der Waals surface area contributed by atoms with Gasteiger partial charge in [0.25, 0.3) is 0 Å². The number of ether oxygens (including phenoxy) is 1. The molecule has 0 spiro atoms. The molecule has 16 heavy (non-hydrogen) atoms. The standard InChI is InChI=1S/C12H16Cl2OS/c1-2-16-7-3-6-15-12-5-4-10(9-13)8-11(12)14/h4-5,8H,2-3,6-7,9H2,1H3. The molecule has 1 rings (SSSR count). The molecule has 4 heteroatoms. The minimum Gasteiger partial charge on any atom is -0.492 e. The van der Waals surface area contributed by atoms with Crippen LogP contribution in [-0.4, -0.2) is 18.1 Å². The molecular formula is C12H16Cl2OS. The summed E-state index contributed by atoms with van der Waals surface area (Å²) in [5, 5.41) is 0.640. The van der Waals surface area contributed by atoms with Crippen molar-refractivity contribution in [2.24, 2.45) is 0 Å².